The van der Waals surface area contributed by atoms with E-state index in [2.05, 4.69) is 14.7 Å². The topological polar surface area (TPSA) is 112 Å². The van der Waals surface area contributed by atoms with Gasteiger partial charge in [0.25, 0.3) is 10.0 Å². The Morgan fingerprint density at radius 1 is 1.00 bits per heavy atom. The molecule has 12 heteroatoms. The summed E-state index contributed by atoms with van der Waals surface area (Å²) in [5, 5.41) is 8.63. The van der Waals surface area contributed by atoms with Crippen molar-refractivity contribution in [1.82, 2.24) is 9.97 Å². The van der Waals surface area contributed by atoms with Gasteiger partial charge in [0.15, 0.2) is 5.03 Å². The Morgan fingerprint density at radius 2 is 1.79 bits per heavy atom. The summed E-state index contributed by atoms with van der Waals surface area (Å²) in [5.41, 5.74) is -0.332. The van der Waals surface area contributed by atoms with Crippen molar-refractivity contribution in [3.05, 3.63) is 65.7 Å². The second kappa shape index (κ2) is 11.4. The zero-order chi connectivity index (χ0) is 27.3. The number of sulfonamides is 1. The molecule has 1 aliphatic rings. The van der Waals surface area contributed by atoms with Gasteiger partial charge in [-0.05, 0) is 61.9 Å². The van der Waals surface area contributed by atoms with Crippen LogP contribution in [-0.2, 0) is 27.4 Å². The summed E-state index contributed by atoms with van der Waals surface area (Å²) in [7, 11) is -4.27. The molecule has 2 N–H and O–H groups in total. The lowest BCUT2D eigenvalue weighted by molar-refractivity contribution is -0.138. The second-order valence-corrected chi connectivity index (χ2v) is 10.6. The molecule has 0 unspecified atom stereocenters. The molecule has 3 aromatic rings. The fourth-order valence-electron chi connectivity index (χ4n) is 4.38. The molecule has 0 fully saturated rings. The van der Waals surface area contributed by atoms with Crippen molar-refractivity contribution < 1.29 is 31.5 Å². The van der Waals surface area contributed by atoms with E-state index >= 15 is 0 Å². The van der Waals surface area contributed by atoms with Gasteiger partial charge in [0.2, 0.25) is 0 Å². The molecular formula is C26H27F3N4O4S. The summed E-state index contributed by atoms with van der Waals surface area (Å²) in [6.07, 6.45) is -1.83. The summed E-state index contributed by atoms with van der Waals surface area (Å²) < 4.78 is 70.3. The lowest BCUT2D eigenvalue weighted by Gasteiger charge is -2.24. The zero-order valence-corrected chi connectivity index (χ0v) is 21.2. The third-order valence-corrected chi connectivity index (χ3v) is 7.47. The van der Waals surface area contributed by atoms with Crippen molar-refractivity contribution in [3.8, 4) is 11.3 Å². The highest BCUT2D eigenvalue weighted by atomic mass is 32.2. The lowest BCUT2D eigenvalue weighted by Crippen LogP contribution is -2.27. The zero-order valence-electron chi connectivity index (χ0n) is 20.4. The Hall–Kier alpha value is -3.67. The Morgan fingerprint density at radius 3 is 2.55 bits per heavy atom. The van der Waals surface area contributed by atoms with Crippen molar-refractivity contribution in [1.29, 1.82) is 0 Å². The molecule has 1 aromatic carbocycles. The Bertz CT molecular complexity index is 1410. The van der Waals surface area contributed by atoms with Crippen LogP contribution in [0.2, 0.25) is 0 Å². The van der Waals surface area contributed by atoms with Gasteiger partial charge in [0.05, 0.1) is 11.3 Å². The third-order valence-electron chi connectivity index (χ3n) is 6.21. The van der Waals surface area contributed by atoms with Gasteiger partial charge in [-0.2, -0.15) is 21.6 Å². The summed E-state index contributed by atoms with van der Waals surface area (Å²) in [6, 6.07) is 13.0. The second-order valence-electron chi connectivity index (χ2n) is 8.98. The maximum absolute atomic E-state index is 13.9. The Labute approximate surface area is 218 Å². The normalized spacial score (nSPS) is 15.5. The maximum atomic E-state index is 13.9. The number of aromatic nitrogens is 2. The van der Waals surface area contributed by atoms with Crippen LogP contribution in [-0.4, -0.2) is 42.6 Å². The molecule has 3 heterocycles. The number of pyridine rings is 2. The van der Waals surface area contributed by atoms with Gasteiger partial charge in [-0.25, -0.2) is 9.97 Å². The van der Waals surface area contributed by atoms with Crippen molar-refractivity contribution in [2.24, 2.45) is 0 Å². The first-order valence-electron chi connectivity index (χ1n) is 12.2. The fraction of sp³-hybridized carbons (Fsp3) is 0.346. The van der Waals surface area contributed by atoms with Crippen LogP contribution >= 0.6 is 0 Å². The lowest BCUT2D eigenvalue weighted by atomic mass is 9.96. The number of nitrogens with one attached hydrogen (secondary N) is 1. The number of benzene rings is 1. The molecule has 8 nitrogen and oxygen atoms in total. The van der Waals surface area contributed by atoms with Gasteiger partial charge in [0.1, 0.15) is 11.6 Å². The van der Waals surface area contributed by atoms with E-state index < -0.39 is 27.7 Å². The maximum Gasteiger partial charge on any atom is 0.418 e. The van der Waals surface area contributed by atoms with Gasteiger partial charge in [-0.15, -0.1) is 0 Å². The minimum absolute atomic E-state index is 0.0295. The highest BCUT2D eigenvalue weighted by Gasteiger charge is 2.35. The molecule has 0 atom stereocenters. The van der Waals surface area contributed by atoms with E-state index in [1.807, 2.05) is 4.90 Å². The van der Waals surface area contributed by atoms with E-state index in [9.17, 15) is 26.4 Å². The van der Waals surface area contributed by atoms with Gasteiger partial charge in [-0.3, -0.25) is 9.52 Å². The average Bonchev–Trinajstić information content (AvgIpc) is 2.86. The van der Waals surface area contributed by atoms with Crippen LogP contribution < -0.4 is 9.62 Å². The molecule has 0 aliphatic carbocycles. The molecule has 0 radical (unpaired) electrons. The third kappa shape index (κ3) is 6.60. The van der Waals surface area contributed by atoms with Crippen molar-refractivity contribution in [3.63, 3.8) is 0 Å². The standard InChI is InChI=1S/C26H27F3N4O4S/c27-26(28,29)20-14-15-21-30-25(20)19-10-2-1-8-18(19)9-3-5-16-33(17-6-4-13-24(34)35)22-11-7-12-23(31-22)38(36,37)32-21/h1-2,7-8,10-12,14-15H,3-6,9,13,16-17H2,(H,30,32)(H,34,35). The molecule has 202 valence electrons. The summed E-state index contributed by atoms with van der Waals surface area (Å²) in [6.45, 7) is 0.990. The highest BCUT2D eigenvalue weighted by Crippen LogP contribution is 2.38. The number of unbranched alkanes of at least 4 members (excludes halogenated alkanes) is 1. The van der Waals surface area contributed by atoms with Gasteiger partial charge in [-0.1, -0.05) is 30.3 Å². The highest BCUT2D eigenvalue weighted by molar-refractivity contribution is 7.92. The number of carbonyl (C=O) groups is 1. The molecular weight excluding hydrogens is 521 g/mol. The smallest absolute Gasteiger partial charge is 0.418 e. The number of rotatable bonds is 5. The molecule has 0 amide bonds. The van der Waals surface area contributed by atoms with E-state index in [0.29, 0.717) is 62.1 Å². The first kappa shape index (κ1) is 27.4. The number of aryl methyl sites for hydroxylation is 1. The largest absolute Gasteiger partial charge is 0.481 e. The van der Waals surface area contributed by atoms with Crippen molar-refractivity contribution in [2.75, 3.05) is 22.7 Å². The predicted molar refractivity (Wildman–Crippen MR) is 136 cm³/mol. The minimum atomic E-state index is -4.69. The molecule has 2 aromatic heterocycles. The van der Waals surface area contributed by atoms with Crippen LogP contribution in [0.3, 0.4) is 0 Å². The number of aliphatic carboxylic acids is 1. The van der Waals surface area contributed by atoms with Crippen LogP contribution in [0.4, 0.5) is 24.8 Å². The molecule has 0 saturated heterocycles. The van der Waals surface area contributed by atoms with Crippen molar-refractivity contribution >= 4 is 27.6 Å². The van der Waals surface area contributed by atoms with E-state index in [4.69, 9.17) is 5.11 Å². The fourth-order valence-corrected chi connectivity index (χ4v) is 5.34. The van der Waals surface area contributed by atoms with Crippen LogP contribution in [0, 0.1) is 0 Å². The Balaban J connectivity index is 1.76. The number of anilines is 2. The van der Waals surface area contributed by atoms with E-state index in [1.54, 1.807) is 36.4 Å². The van der Waals surface area contributed by atoms with Crippen LogP contribution in [0.15, 0.2) is 59.6 Å². The van der Waals surface area contributed by atoms with Crippen LogP contribution in [0.25, 0.3) is 11.3 Å². The van der Waals surface area contributed by atoms with Gasteiger partial charge < -0.3 is 10.0 Å². The molecule has 0 saturated carbocycles. The first-order chi connectivity index (χ1) is 18.0. The minimum Gasteiger partial charge on any atom is -0.481 e. The predicted octanol–water partition coefficient (Wildman–Crippen LogP) is 5.36. The quantitative estimate of drug-likeness (QED) is 0.413. The van der Waals surface area contributed by atoms with Crippen LogP contribution in [0.5, 0.6) is 0 Å². The summed E-state index contributed by atoms with van der Waals surface area (Å²) in [4.78, 5) is 21.2. The molecule has 1 aliphatic heterocycles. The van der Waals surface area contributed by atoms with Crippen LogP contribution in [0.1, 0.15) is 43.2 Å². The van der Waals surface area contributed by atoms with E-state index in [0.717, 1.165) is 12.1 Å². The SMILES string of the molecule is O=C(O)CCCCN1CCCCc2ccccc2-c2nc(ccc2C(F)(F)F)NS(=O)(=O)c2cccc1n2. The average molecular weight is 549 g/mol. The van der Waals surface area contributed by atoms with Gasteiger partial charge in [0, 0.05) is 25.1 Å². The van der Waals surface area contributed by atoms with Crippen molar-refractivity contribution in [2.45, 2.75) is 49.7 Å². The number of fused-ring (bicyclic) bond motifs is 6. The molecule has 4 bridgehead atoms. The Kier molecular flexibility index (Phi) is 8.20. The monoisotopic (exact) mass is 548 g/mol. The molecule has 4 rings (SSSR count). The number of carboxylic acid groups (broad SMARTS) is 1. The van der Waals surface area contributed by atoms with E-state index in [1.165, 1.54) is 6.07 Å². The molecule has 38 heavy (non-hydrogen) atoms. The number of hydrogen-bond acceptors (Lipinski definition) is 6. The number of halogens is 3. The van der Waals surface area contributed by atoms with Gasteiger partial charge >= 0.3 is 12.1 Å². The number of hydrogen-bond donors (Lipinski definition) is 2. The number of alkyl halides is 3. The van der Waals surface area contributed by atoms with E-state index in [-0.39, 0.29) is 23.0 Å². The number of carboxylic acids is 1. The summed E-state index contributed by atoms with van der Waals surface area (Å²) >= 11 is 0. The number of nitrogens with zero attached hydrogens (tertiary/aromatic N) is 3. The molecule has 0 spiro atoms. The summed E-state index contributed by atoms with van der Waals surface area (Å²) in [5.74, 6) is -0.723. The first-order valence-corrected chi connectivity index (χ1v) is 13.7.